The summed E-state index contributed by atoms with van der Waals surface area (Å²) in [4.78, 5) is 30.3. The predicted molar refractivity (Wildman–Crippen MR) is 123 cm³/mol. The molecule has 5 rings (SSSR count). The van der Waals surface area contributed by atoms with Gasteiger partial charge in [-0.15, -0.1) is 0 Å². The lowest BCUT2D eigenvalue weighted by Crippen LogP contribution is -2.42. The maximum absolute atomic E-state index is 13.7. The molecule has 2 atom stereocenters. The van der Waals surface area contributed by atoms with Crippen molar-refractivity contribution in [2.45, 2.75) is 25.4 Å². The topological polar surface area (TPSA) is 94.2 Å². The van der Waals surface area contributed by atoms with Crippen molar-refractivity contribution in [3.63, 3.8) is 0 Å². The highest BCUT2D eigenvalue weighted by Gasteiger charge is 2.39. The predicted octanol–water partition coefficient (Wildman–Crippen LogP) is 4.88. The van der Waals surface area contributed by atoms with Gasteiger partial charge in [-0.1, -0.05) is 60.2 Å². The number of fused-ring (bicyclic) bond motifs is 1. The first kappa shape index (κ1) is 20.6. The van der Waals surface area contributed by atoms with Crippen LogP contribution in [-0.4, -0.2) is 25.6 Å². The Morgan fingerprint density at radius 3 is 2.27 bits per heavy atom. The molecule has 0 radical (unpaired) electrons. The summed E-state index contributed by atoms with van der Waals surface area (Å²) in [6.45, 7) is 2.04. The van der Waals surface area contributed by atoms with E-state index in [2.05, 4.69) is 34.3 Å². The molecule has 0 aliphatic carbocycles. The highest BCUT2D eigenvalue weighted by Crippen LogP contribution is 2.42. The fraction of sp³-hybridized carbons (Fsp3) is 0.160. The third-order valence-corrected chi connectivity index (χ3v) is 6.01. The molecule has 0 saturated heterocycles. The van der Waals surface area contributed by atoms with E-state index < -0.39 is 4.92 Å². The van der Waals surface area contributed by atoms with E-state index in [1.54, 1.807) is 9.58 Å². The molecule has 3 aromatic carbocycles. The second kappa shape index (κ2) is 8.31. The first-order valence-corrected chi connectivity index (χ1v) is 10.6. The Morgan fingerprint density at radius 2 is 1.61 bits per heavy atom. The van der Waals surface area contributed by atoms with Gasteiger partial charge < -0.3 is 0 Å². The number of rotatable bonds is 4. The van der Waals surface area contributed by atoms with Gasteiger partial charge in [-0.05, 0) is 36.6 Å². The Hall–Kier alpha value is -4.33. The van der Waals surface area contributed by atoms with Gasteiger partial charge in [0.15, 0.2) is 0 Å². The smallest absolute Gasteiger partial charge is 0.269 e. The number of carbonyl (C=O) groups excluding carboxylic acids is 1. The van der Waals surface area contributed by atoms with Gasteiger partial charge in [0.2, 0.25) is 5.95 Å². The maximum atomic E-state index is 13.7. The van der Waals surface area contributed by atoms with Crippen LogP contribution in [0.3, 0.4) is 0 Å². The molecule has 0 bridgehead atoms. The molecule has 164 valence electrons. The second-order valence-corrected chi connectivity index (χ2v) is 8.07. The molecule has 2 unspecified atom stereocenters. The Kier molecular flexibility index (Phi) is 5.18. The van der Waals surface area contributed by atoms with Gasteiger partial charge in [0.05, 0.1) is 17.0 Å². The second-order valence-electron chi connectivity index (χ2n) is 8.07. The number of amides is 1. The van der Waals surface area contributed by atoms with Crippen LogP contribution < -0.4 is 4.90 Å². The summed E-state index contributed by atoms with van der Waals surface area (Å²) in [6, 6.07) is 23.4. The molecule has 8 heteroatoms. The first-order chi connectivity index (χ1) is 16.0. The number of nitro benzene ring substituents is 1. The van der Waals surface area contributed by atoms with Crippen molar-refractivity contribution in [1.29, 1.82) is 0 Å². The molecule has 4 aromatic rings. The number of aryl methyl sites for hydroxylation is 1. The molecule has 8 nitrogen and oxygen atoms in total. The standard InChI is InChI=1S/C25H21N5O3/c1-17-7-9-19(10-8-17)23-15-22(18-5-3-2-4-6-18)28(25-26-16-27-29(23)25)24(31)20-11-13-21(14-12-20)30(32)33/h2-14,16,22-23H,15H2,1H3. The van der Waals surface area contributed by atoms with E-state index >= 15 is 0 Å². The quantitative estimate of drug-likeness (QED) is 0.334. The molecule has 0 spiro atoms. The molecule has 1 amide bonds. The van der Waals surface area contributed by atoms with Crippen LogP contribution in [-0.2, 0) is 0 Å². The largest absolute Gasteiger partial charge is 0.269 e. The number of benzene rings is 3. The number of anilines is 1. The zero-order chi connectivity index (χ0) is 22.9. The van der Waals surface area contributed by atoms with Crippen LogP contribution in [0.2, 0.25) is 0 Å². The maximum Gasteiger partial charge on any atom is 0.269 e. The average molecular weight is 439 g/mol. The first-order valence-electron chi connectivity index (χ1n) is 10.6. The normalized spacial score (nSPS) is 17.4. The van der Waals surface area contributed by atoms with E-state index in [4.69, 9.17) is 0 Å². The summed E-state index contributed by atoms with van der Waals surface area (Å²) >= 11 is 0. The number of non-ortho nitro benzene ring substituents is 1. The molecular weight excluding hydrogens is 418 g/mol. The van der Waals surface area contributed by atoms with Crippen LogP contribution in [0.4, 0.5) is 11.6 Å². The lowest BCUT2D eigenvalue weighted by Gasteiger charge is -2.39. The third-order valence-electron chi connectivity index (χ3n) is 6.01. The molecule has 1 aromatic heterocycles. The number of nitrogens with zero attached hydrogens (tertiary/aromatic N) is 5. The number of carbonyl (C=O) groups is 1. The Labute approximate surface area is 190 Å². The number of aromatic nitrogens is 3. The van der Waals surface area contributed by atoms with E-state index in [-0.39, 0.29) is 23.7 Å². The van der Waals surface area contributed by atoms with E-state index in [1.807, 2.05) is 37.3 Å². The average Bonchev–Trinajstić information content (AvgIpc) is 3.34. The molecule has 0 saturated carbocycles. The van der Waals surface area contributed by atoms with Crippen LogP contribution in [0.25, 0.3) is 0 Å². The Morgan fingerprint density at radius 1 is 0.939 bits per heavy atom. The van der Waals surface area contributed by atoms with Crippen molar-refractivity contribution in [2.75, 3.05) is 4.90 Å². The third kappa shape index (κ3) is 3.76. The SMILES string of the molecule is Cc1ccc(C2CC(c3ccccc3)N(C(=O)c3ccc([N+](=O)[O-])cc3)c3ncnn32)cc1. The van der Waals surface area contributed by atoms with Gasteiger partial charge in [-0.3, -0.25) is 19.8 Å². The molecule has 1 aliphatic heterocycles. The monoisotopic (exact) mass is 439 g/mol. The van der Waals surface area contributed by atoms with Crippen LogP contribution in [0.1, 0.15) is 45.6 Å². The summed E-state index contributed by atoms with van der Waals surface area (Å²) in [7, 11) is 0. The lowest BCUT2D eigenvalue weighted by molar-refractivity contribution is -0.384. The van der Waals surface area contributed by atoms with E-state index in [1.165, 1.54) is 36.2 Å². The van der Waals surface area contributed by atoms with Crippen LogP contribution in [0.15, 0.2) is 85.2 Å². The summed E-state index contributed by atoms with van der Waals surface area (Å²) in [6.07, 6.45) is 2.07. The minimum atomic E-state index is -0.481. The molecular formula is C25H21N5O3. The number of nitro groups is 1. The lowest BCUT2D eigenvalue weighted by atomic mass is 9.91. The van der Waals surface area contributed by atoms with Crippen molar-refractivity contribution in [3.8, 4) is 0 Å². The van der Waals surface area contributed by atoms with Crippen LogP contribution >= 0.6 is 0 Å². The zero-order valence-electron chi connectivity index (χ0n) is 17.9. The van der Waals surface area contributed by atoms with Crippen molar-refractivity contribution < 1.29 is 9.72 Å². The fourth-order valence-corrected chi connectivity index (χ4v) is 4.32. The highest BCUT2D eigenvalue weighted by molar-refractivity contribution is 6.06. The van der Waals surface area contributed by atoms with E-state index in [0.717, 1.165) is 11.1 Å². The molecule has 0 fully saturated rings. The van der Waals surface area contributed by atoms with Crippen molar-refractivity contribution >= 4 is 17.5 Å². The summed E-state index contributed by atoms with van der Waals surface area (Å²) in [5.41, 5.74) is 3.54. The van der Waals surface area contributed by atoms with E-state index in [0.29, 0.717) is 17.9 Å². The van der Waals surface area contributed by atoms with Gasteiger partial charge in [0.25, 0.3) is 11.6 Å². The Balaban J connectivity index is 1.61. The molecule has 1 aliphatic rings. The van der Waals surface area contributed by atoms with Gasteiger partial charge in [0, 0.05) is 17.7 Å². The zero-order valence-corrected chi connectivity index (χ0v) is 17.9. The number of hydrogen-bond acceptors (Lipinski definition) is 5. The van der Waals surface area contributed by atoms with Gasteiger partial charge in [-0.2, -0.15) is 10.1 Å². The van der Waals surface area contributed by atoms with Gasteiger partial charge in [0.1, 0.15) is 6.33 Å². The summed E-state index contributed by atoms with van der Waals surface area (Å²) in [5.74, 6) is 0.166. The molecule has 0 N–H and O–H groups in total. The van der Waals surface area contributed by atoms with Crippen LogP contribution in [0, 0.1) is 17.0 Å². The molecule has 2 heterocycles. The highest BCUT2D eigenvalue weighted by atomic mass is 16.6. The Bertz CT molecular complexity index is 1300. The van der Waals surface area contributed by atoms with Crippen molar-refractivity contribution in [1.82, 2.24) is 14.8 Å². The summed E-state index contributed by atoms with van der Waals surface area (Å²) < 4.78 is 1.79. The van der Waals surface area contributed by atoms with E-state index in [9.17, 15) is 14.9 Å². The minimum Gasteiger partial charge on any atom is -0.269 e. The summed E-state index contributed by atoms with van der Waals surface area (Å²) in [5, 5.41) is 15.5. The van der Waals surface area contributed by atoms with Crippen molar-refractivity contribution in [3.05, 3.63) is 118 Å². The van der Waals surface area contributed by atoms with Gasteiger partial charge in [-0.25, -0.2) is 4.68 Å². The fourth-order valence-electron chi connectivity index (χ4n) is 4.32. The van der Waals surface area contributed by atoms with Crippen LogP contribution in [0.5, 0.6) is 0 Å². The number of hydrogen-bond donors (Lipinski definition) is 0. The minimum absolute atomic E-state index is 0.0626. The molecule has 33 heavy (non-hydrogen) atoms. The van der Waals surface area contributed by atoms with Crippen molar-refractivity contribution in [2.24, 2.45) is 0 Å². The van der Waals surface area contributed by atoms with Gasteiger partial charge >= 0.3 is 0 Å².